The summed E-state index contributed by atoms with van der Waals surface area (Å²) in [6, 6.07) is 6.80. The van der Waals surface area contributed by atoms with Crippen molar-refractivity contribution in [2.24, 2.45) is 5.92 Å². The number of carbonyl (C=O) groups is 1. The van der Waals surface area contributed by atoms with Crippen LogP contribution in [0.5, 0.6) is 0 Å². The van der Waals surface area contributed by atoms with Crippen LogP contribution < -0.4 is 11.1 Å². The molecular weight excluding hydrogens is 230 g/mol. The quantitative estimate of drug-likeness (QED) is 0.695. The van der Waals surface area contributed by atoms with Gasteiger partial charge in [0.05, 0.1) is 12.6 Å². The molecule has 2 amide bonds. The Hall–Kier alpha value is -1.75. The molecule has 0 aromatic heterocycles. The Morgan fingerprint density at radius 1 is 1.61 bits per heavy atom. The van der Waals surface area contributed by atoms with Gasteiger partial charge in [-0.2, -0.15) is 0 Å². The molecule has 1 aromatic carbocycles. The summed E-state index contributed by atoms with van der Waals surface area (Å²) in [5, 5.41) is 12.1. The predicted molar refractivity (Wildman–Crippen MR) is 71.2 cm³/mol. The minimum absolute atomic E-state index is 0.00547. The lowest BCUT2D eigenvalue weighted by Gasteiger charge is -2.25. The van der Waals surface area contributed by atoms with E-state index in [2.05, 4.69) is 12.2 Å². The Kier molecular flexibility index (Phi) is 3.72. The van der Waals surface area contributed by atoms with Gasteiger partial charge in [-0.25, -0.2) is 4.79 Å². The zero-order valence-electron chi connectivity index (χ0n) is 10.5. The molecule has 1 aromatic rings. The summed E-state index contributed by atoms with van der Waals surface area (Å²) in [6.07, 6.45) is 0.926. The van der Waals surface area contributed by atoms with Crippen LogP contribution in [0.3, 0.4) is 0 Å². The molecular formula is C13H19N3O2. The van der Waals surface area contributed by atoms with Crippen molar-refractivity contribution in [3.05, 3.63) is 24.3 Å². The molecule has 98 valence electrons. The number of rotatable bonds is 2. The highest BCUT2D eigenvalue weighted by Gasteiger charge is 2.33. The van der Waals surface area contributed by atoms with Crippen LogP contribution in [0.25, 0.3) is 0 Å². The van der Waals surface area contributed by atoms with Crippen molar-refractivity contribution >= 4 is 17.4 Å². The Morgan fingerprint density at radius 3 is 3.06 bits per heavy atom. The number of nitrogens with one attached hydrogen (secondary N) is 1. The molecule has 0 bridgehead atoms. The number of aliphatic hydroxyl groups excluding tert-OH is 1. The van der Waals surface area contributed by atoms with Crippen LogP contribution in [0.1, 0.15) is 13.3 Å². The van der Waals surface area contributed by atoms with E-state index in [1.54, 1.807) is 29.2 Å². The molecule has 2 atom stereocenters. The van der Waals surface area contributed by atoms with Gasteiger partial charge in [-0.1, -0.05) is 13.0 Å². The van der Waals surface area contributed by atoms with Gasteiger partial charge >= 0.3 is 6.03 Å². The summed E-state index contributed by atoms with van der Waals surface area (Å²) in [6.45, 7) is 2.74. The minimum atomic E-state index is -0.177. The van der Waals surface area contributed by atoms with Gasteiger partial charge in [0.15, 0.2) is 0 Å². The number of nitrogen functional groups attached to an aromatic ring is 1. The number of amides is 2. The van der Waals surface area contributed by atoms with Gasteiger partial charge in [0, 0.05) is 17.9 Å². The number of benzene rings is 1. The van der Waals surface area contributed by atoms with Crippen LogP contribution in [0.15, 0.2) is 24.3 Å². The predicted octanol–water partition coefficient (Wildman–Crippen LogP) is 1.50. The zero-order valence-corrected chi connectivity index (χ0v) is 10.5. The van der Waals surface area contributed by atoms with Gasteiger partial charge in [0.1, 0.15) is 0 Å². The van der Waals surface area contributed by atoms with E-state index in [1.807, 2.05) is 0 Å². The van der Waals surface area contributed by atoms with Crippen molar-refractivity contribution in [2.45, 2.75) is 19.4 Å². The van der Waals surface area contributed by atoms with Crippen LogP contribution in [0.4, 0.5) is 16.2 Å². The molecule has 2 rings (SSSR count). The van der Waals surface area contributed by atoms with E-state index in [0.29, 0.717) is 23.8 Å². The summed E-state index contributed by atoms with van der Waals surface area (Å²) >= 11 is 0. The van der Waals surface area contributed by atoms with Crippen molar-refractivity contribution in [3.8, 4) is 0 Å². The van der Waals surface area contributed by atoms with Gasteiger partial charge in [0.25, 0.3) is 0 Å². The second-order valence-corrected chi connectivity index (χ2v) is 4.76. The SMILES string of the molecule is CC1CCN(C(=O)Nc2cccc(N)c2)C1CO. The lowest BCUT2D eigenvalue weighted by atomic mass is 10.0. The second-order valence-electron chi connectivity index (χ2n) is 4.76. The first-order chi connectivity index (χ1) is 8.61. The molecule has 2 unspecified atom stereocenters. The lowest BCUT2D eigenvalue weighted by molar-refractivity contribution is 0.152. The van der Waals surface area contributed by atoms with Gasteiger partial charge in [0.2, 0.25) is 0 Å². The first-order valence-electron chi connectivity index (χ1n) is 6.16. The number of hydrogen-bond acceptors (Lipinski definition) is 3. The molecule has 1 aliphatic rings. The summed E-state index contributed by atoms with van der Waals surface area (Å²) < 4.78 is 0. The summed E-state index contributed by atoms with van der Waals surface area (Å²) in [5.74, 6) is 0.335. The van der Waals surface area contributed by atoms with Crippen LogP contribution >= 0.6 is 0 Å². The number of aliphatic hydroxyl groups is 1. The smallest absolute Gasteiger partial charge is 0.322 e. The van der Waals surface area contributed by atoms with E-state index in [0.717, 1.165) is 6.42 Å². The summed E-state index contributed by atoms with van der Waals surface area (Å²) in [7, 11) is 0. The van der Waals surface area contributed by atoms with Crippen molar-refractivity contribution in [1.29, 1.82) is 0 Å². The number of hydrogen-bond donors (Lipinski definition) is 3. The first-order valence-corrected chi connectivity index (χ1v) is 6.16. The van der Waals surface area contributed by atoms with Crippen LogP contribution in [-0.2, 0) is 0 Å². The van der Waals surface area contributed by atoms with Crippen molar-refractivity contribution < 1.29 is 9.90 Å². The van der Waals surface area contributed by atoms with Crippen LogP contribution in [-0.4, -0.2) is 35.2 Å². The molecule has 4 N–H and O–H groups in total. The van der Waals surface area contributed by atoms with Crippen LogP contribution in [0.2, 0.25) is 0 Å². The lowest BCUT2D eigenvalue weighted by Crippen LogP contribution is -2.42. The third-order valence-corrected chi connectivity index (χ3v) is 3.47. The average molecular weight is 249 g/mol. The fraction of sp³-hybridized carbons (Fsp3) is 0.462. The van der Waals surface area contributed by atoms with E-state index < -0.39 is 0 Å². The van der Waals surface area contributed by atoms with Gasteiger partial charge < -0.3 is 21.1 Å². The van der Waals surface area contributed by atoms with Gasteiger partial charge in [-0.15, -0.1) is 0 Å². The van der Waals surface area contributed by atoms with Crippen molar-refractivity contribution in [3.63, 3.8) is 0 Å². The third kappa shape index (κ3) is 2.56. The van der Waals surface area contributed by atoms with Crippen LogP contribution in [0, 0.1) is 5.92 Å². The molecule has 0 aliphatic carbocycles. The average Bonchev–Trinajstić information content (AvgIpc) is 2.70. The molecule has 5 nitrogen and oxygen atoms in total. The number of likely N-dealkylation sites (tertiary alicyclic amines) is 1. The second kappa shape index (κ2) is 5.27. The maximum atomic E-state index is 12.1. The number of nitrogens with zero attached hydrogens (tertiary/aromatic N) is 1. The maximum Gasteiger partial charge on any atom is 0.322 e. The van der Waals surface area contributed by atoms with E-state index in [1.165, 1.54) is 0 Å². The Labute approximate surface area is 107 Å². The van der Waals surface area contributed by atoms with Gasteiger partial charge in [-0.05, 0) is 30.5 Å². The number of carbonyl (C=O) groups excluding carboxylic acids is 1. The first kappa shape index (κ1) is 12.7. The highest BCUT2D eigenvalue weighted by atomic mass is 16.3. The topological polar surface area (TPSA) is 78.6 Å². The molecule has 0 radical (unpaired) electrons. The molecule has 1 saturated heterocycles. The fourth-order valence-corrected chi connectivity index (χ4v) is 2.35. The van der Waals surface area contributed by atoms with E-state index in [9.17, 15) is 9.90 Å². The maximum absolute atomic E-state index is 12.1. The highest BCUT2D eigenvalue weighted by Crippen LogP contribution is 2.24. The number of nitrogens with two attached hydrogens (primary N) is 1. The largest absolute Gasteiger partial charge is 0.399 e. The normalized spacial score (nSPS) is 23.1. The summed E-state index contributed by atoms with van der Waals surface area (Å²) in [5.41, 5.74) is 6.95. The third-order valence-electron chi connectivity index (χ3n) is 3.47. The van der Waals surface area contributed by atoms with E-state index >= 15 is 0 Å². The van der Waals surface area contributed by atoms with E-state index in [4.69, 9.17) is 5.73 Å². The molecule has 5 heteroatoms. The number of urea groups is 1. The Morgan fingerprint density at radius 2 is 2.39 bits per heavy atom. The molecule has 18 heavy (non-hydrogen) atoms. The van der Waals surface area contributed by atoms with Crippen molar-refractivity contribution in [1.82, 2.24) is 4.90 Å². The minimum Gasteiger partial charge on any atom is -0.399 e. The van der Waals surface area contributed by atoms with Crippen molar-refractivity contribution in [2.75, 3.05) is 24.2 Å². The molecule has 1 fully saturated rings. The standard InChI is InChI=1S/C13H19N3O2/c1-9-5-6-16(12(9)8-17)13(18)15-11-4-2-3-10(14)7-11/h2-4,7,9,12,17H,5-6,8,14H2,1H3,(H,15,18). The zero-order chi connectivity index (χ0) is 13.1. The molecule has 1 heterocycles. The number of anilines is 2. The monoisotopic (exact) mass is 249 g/mol. The van der Waals surface area contributed by atoms with Gasteiger partial charge in [-0.3, -0.25) is 0 Å². The highest BCUT2D eigenvalue weighted by molar-refractivity contribution is 5.90. The summed E-state index contributed by atoms with van der Waals surface area (Å²) in [4.78, 5) is 13.8. The fourth-order valence-electron chi connectivity index (χ4n) is 2.35. The Bertz CT molecular complexity index is 436. The molecule has 0 spiro atoms. The molecule has 1 aliphatic heterocycles. The van der Waals surface area contributed by atoms with E-state index in [-0.39, 0.29) is 18.7 Å². The Balaban J connectivity index is 2.04. The molecule has 0 saturated carbocycles.